The van der Waals surface area contributed by atoms with E-state index in [9.17, 15) is 0 Å². The van der Waals surface area contributed by atoms with Gasteiger partial charge in [-0.2, -0.15) is 0 Å². The summed E-state index contributed by atoms with van der Waals surface area (Å²) in [6.07, 6.45) is 0.893. The predicted octanol–water partition coefficient (Wildman–Crippen LogP) is 3.13. The molecule has 1 aromatic rings. The Kier molecular flexibility index (Phi) is 5.32. The first kappa shape index (κ1) is 15.2. The van der Waals surface area contributed by atoms with Gasteiger partial charge in [0.05, 0.1) is 11.6 Å². The van der Waals surface area contributed by atoms with Crippen LogP contribution in [0.3, 0.4) is 0 Å². The van der Waals surface area contributed by atoms with Gasteiger partial charge in [-0.1, -0.05) is 45.0 Å². The summed E-state index contributed by atoms with van der Waals surface area (Å²) in [6.45, 7) is 8.57. The molecule has 3 heteroatoms. The topological polar surface area (TPSA) is 47.3 Å². The van der Waals surface area contributed by atoms with Gasteiger partial charge in [-0.3, -0.25) is 11.3 Å². The zero-order valence-electron chi connectivity index (χ0n) is 12.2. The second-order valence-corrected chi connectivity index (χ2v) is 5.29. The van der Waals surface area contributed by atoms with Crippen LogP contribution < -0.4 is 11.3 Å². The van der Waals surface area contributed by atoms with Crippen LogP contribution in [0.2, 0.25) is 0 Å². The van der Waals surface area contributed by atoms with E-state index < -0.39 is 0 Å². The third-order valence-corrected chi connectivity index (χ3v) is 3.88. The van der Waals surface area contributed by atoms with E-state index in [-0.39, 0.29) is 11.6 Å². The van der Waals surface area contributed by atoms with E-state index >= 15 is 0 Å². The zero-order valence-corrected chi connectivity index (χ0v) is 12.2. The summed E-state index contributed by atoms with van der Waals surface area (Å²) in [7, 11) is 1.73. The van der Waals surface area contributed by atoms with E-state index in [2.05, 4.69) is 57.4 Å². The smallest absolute Gasteiger partial charge is 0.0854 e. The molecule has 102 valence electrons. The molecule has 0 saturated carbocycles. The van der Waals surface area contributed by atoms with Crippen molar-refractivity contribution in [1.82, 2.24) is 5.43 Å². The largest absolute Gasteiger partial charge is 0.376 e. The number of ether oxygens (including phenoxy) is 1. The van der Waals surface area contributed by atoms with Gasteiger partial charge in [0.15, 0.2) is 0 Å². The van der Waals surface area contributed by atoms with Gasteiger partial charge in [-0.05, 0) is 30.4 Å². The Morgan fingerprint density at radius 3 is 2.06 bits per heavy atom. The molecule has 0 aliphatic heterocycles. The minimum Gasteiger partial charge on any atom is -0.376 e. The van der Waals surface area contributed by atoms with Crippen molar-refractivity contribution in [3.63, 3.8) is 0 Å². The van der Waals surface area contributed by atoms with Crippen LogP contribution in [0.1, 0.15) is 57.2 Å². The Morgan fingerprint density at radius 2 is 1.72 bits per heavy atom. The van der Waals surface area contributed by atoms with Crippen LogP contribution in [0, 0.1) is 0 Å². The van der Waals surface area contributed by atoms with Crippen molar-refractivity contribution in [3.8, 4) is 0 Å². The Balaban J connectivity index is 3.02. The lowest BCUT2D eigenvalue weighted by Gasteiger charge is -2.35. The summed E-state index contributed by atoms with van der Waals surface area (Å²) < 4.78 is 5.63. The van der Waals surface area contributed by atoms with E-state index in [0.717, 1.165) is 12.0 Å². The molecule has 1 rings (SSSR count). The maximum absolute atomic E-state index is 5.71. The fourth-order valence-corrected chi connectivity index (χ4v) is 2.16. The van der Waals surface area contributed by atoms with Crippen molar-refractivity contribution in [1.29, 1.82) is 0 Å². The first-order chi connectivity index (χ1) is 8.48. The van der Waals surface area contributed by atoms with E-state index in [1.807, 2.05) is 0 Å². The van der Waals surface area contributed by atoms with Crippen molar-refractivity contribution < 1.29 is 4.74 Å². The number of methoxy groups -OCH3 is 1. The number of hydrogen-bond donors (Lipinski definition) is 2. The second kappa shape index (κ2) is 6.32. The number of nitrogens with two attached hydrogens (primary N) is 1. The SMILES string of the molecule is CCC(C)(OC)C(NN)c1ccc(C(C)C)cc1. The molecule has 0 aromatic heterocycles. The van der Waals surface area contributed by atoms with Gasteiger partial charge in [-0.25, -0.2) is 0 Å². The van der Waals surface area contributed by atoms with Crippen molar-refractivity contribution in [3.05, 3.63) is 35.4 Å². The predicted molar refractivity (Wildman–Crippen MR) is 76.3 cm³/mol. The Morgan fingerprint density at radius 1 is 1.22 bits per heavy atom. The first-order valence-electron chi connectivity index (χ1n) is 6.59. The number of hydrogen-bond acceptors (Lipinski definition) is 3. The molecule has 3 N–H and O–H groups in total. The van der Waals surface area contributed by atoms with Crippen LogP contribution >= 0.6 is 0 Å². The maximum atomic E-state index is 5.71. The molecule has 18 heavy (non-hydrogen) atoms. The van der Waals surface area contributed by atoms with Crippen LogP contribution in [-0.2, 0) is 4.74 Å². The highest BCUT2D eigenvalue weighted by molar-refractivity contribution is 5.28. The van der Waals surface area contributed by atoms with Crippen LogP contribution in [0.15, 0.2) is 24.3 Å². The van der Waals surface area contributed by atoms with E-state index in [1.54, 1.807) is 7.11 Å². The van der Waals surface area contributed by atoms with Crippen molar-refractivity contribution in [2.75, 3.05) is 7.11 Å². The fraction of sp³-hybridized carbons (Fsp3) is 0.600. The highest BCUT2D eigenvalue weighted by Crippen LogP contribution is 2.31. The highest BCUT2D eigenvalue weighted by Gasteiger charge is 2.33. The van der Waals surface area contributed by atoms with E-state index in [4.69, 9.17) is 10.6 Å². The molecule has 1 aromatic carbocycles. The number of hydrazine groups is 1. The molecule has 0 radical (unpaired) electrons. The van der Waals surface area contributed by atoms with Crippen LogP contribution in [-0.4, -0.2) is 12.7 Å². The number of benzene rings is 1. The summed E-state index contributed by atoms with van der Waals surface area (Å²) in [5.41, 5.74) is 5.09. The lowest BCUT2D eigenvalue weighted by atomic mass is 9.87. The van der Waals surface area contributed by atoms with E-state index in [0.29, 0.717) is 5.92 Å². The van der Waals surface area contributed by atoms with Gasteiger partial charge in [0.2, 0.25) is 0 Å². The zero-order chi connectivity index (χ0) is 13.8. The number of nitrogens with one attached hydrogen (secondary N) is 1. The van der Waals surface area contributed by atoms with Crippen LogP contribution in [0.25, 0.3) is 0 Å². The minimum absolute atomic E-state index is 0.00582. The van der Waals surface area contributed by atoms with Crippen molar-refractivity contribution in [2.45, 2.75) is 51.7 Å². The lowest BCUT2D eigenvalue weighted by Crippen LogP contribution is -2.45. The molecule has 0 aliphatic rings. The van der Waals surface area contributed by atoms with Crippen molar-refractivity contribution >= 4 is 0 Å². The summed E-state index contributed by atoms with van der Waals surface area (Å²) in [6, 6.07) is 8.58. The first-order valence-corrected chi connectivity index (χ1v) is 6.59. The summed E-state index contributed by atoms with van der Waals surface area (Å²) in [5.74, 6) is 6.25. The molecular formula is C15H26N2O. The van der Waals surface area contributed by atoms with Crippen molar-refractivity contribution in [2.24, 2.45) is 5.84 Å². The summed E-state index contributed by atoms with van der Waals surface area (Å²) in [5, 5.41) is 0. The third kappa shape index (κ3) is 3.10. The van der Waals surface area contributed by atoms with Gasteiger partial charge in [0.1, 0.15) is 0 Å². The number of rotatable bonds is 6. The average molecular weight is 250 g/mol. The van der Waals surface area contributed by atoms with Gasteiger partial charge in [0.25, 0.3) is 0 Å². The molecular weight excluding hydrogens is 224 g/mol. The molecule has 0 aliphatic carbocycles. The van der Waals surface area contributed by atoms with Gasteiger partial charge < -0.3 is 4.74 Å². The second-order valence-electron chi connectivity index (χ2n) is 5.29. The van der Waals surface area contributed by atoms with Gasteiger partial charge >= 0.3 is 0 Å². The highest BCUT2D eigenvalue weighted by atomic mass is 16.5. The third-order valence-electron chi connectivity index (χ3n) is 3.88. The minimum atomic E-state index is -0.298. The van der Waals surface area contributed by atoms with Crippen LogP contribution in [0.4, 0.5) is 0 Å². The molecule has 0 saturated heterocycles. The Hall–Kier alpha value is -0.900. The quantitative estimate of drug-likeness (QED) is 0.602. The fourth-order valence-electron chi connectivity index (χ4n) is 2.16. The van der Waals surface area contributed by atoms with Gasteiger partial charge in [-0.15, -0.1) is 0 Å². The normalized spacial score (nSPS) is 16.6. The Bertz CT molecular complexity index is 355. The molecule has 2 unspecified atom stereocenters. The summed E-state index contributed by atoms with van der Waals surface area (Å²) in [4.78, 5) is 0. The Labute approximate surface area is 111 Å². The molecule has 0 fully saturated rings. The average Bonchev–Trinajstić information content (AvgIpc) is 2.39. The monoisotopic (exact) mass is 250 g/mol. The standard InChI is InChI=1S/C15H26N2O/c1-6-15(4,18-5)14(17-16)13-9-7-12(8-10-13)11(2)3/h7-11,14,17H,6,16H2,1-5H3. The van der Waals surface area contributed by atoms with E-state index in [1.165, 1.54) is 5.56 Å². The molecule has 2 atom stereocenters. The lowest BCUT2D eigenvalue weighted by molar-refractivity contribution is -0.0300. The molecule has 0 spiro atoms. The van der Waals surface area contributed by atoms with Crippen LogP contribution in [0.5, 0.6) is 0 Å². The summed E-state index contributed by atoms with van der Waals surface area (Å²) >= 11 is 0. The maximum Gasteiger partial charge on any atom is 0.0854 e. The molecule has 3 nitrogen and oxygen atoms in total. The molecule has 0 bridgehead atoms. The van der Waals surface area contributed by atoms with Gasteiger partial charge in [0, 0.05) is 7.11 Å². The molecule has 0 heterocycles. The molecule has 0 amide bonds.